The molecule has 0 aliphatic carbocycles. The molecule has 2 saturated heterocycles. The molecule has 0 atom stereocenters. The molecular formula is C11H24N2O4S2. The van der Waals surface area contributed by atoms with Crippen LogP contribution in [-0.4, -0.2) is 64.1 Å². The monoisotopic (exact) mass is 312 g/mol. The Morgan fingerprint density at radius 3 is 1.05 bits per heavy atom. The molecule has 19 heavy (non-hydrogen) atoms. The van der Waals surface area contributed by atoms with E-state index in [1.807, 2.05) is 0 Å². The lowest BCUT2D eigenvalue weighted by molar-refractivity contribution is 0.349. The lowest BCUT2D eigenvalue weighted by Gasteiger charge is -2.23. The highest BCUT2D eigenvalue weighted by Gasteiger charge is 2.20. The van der Waals surface area contributed by atoms with Crippen LogP contribution in [-0.2, 0) is 20.0 Å². The summed E-state index contributed by atoms with van der Waals surface area (Å²) in [6.45, 7) is 2.88. The van der Waals surface area contributed by atoms with E-state index in [9.17, 15) is 16.8 Å². The largest absolute Gasteiger partial charge is 0.213 e. The van der Waals surface area contributed by atoms with Crippen molar-refractivity contribution in [1.29, 1.82) is 0 Å². The minimum atomic E-state index is -2.89. The fourth-order valence-corrected chi connectivity index (χ4v) is 4.06. The van der Waals surface area contributed by atoms with Crippen molar-refractivity contribution in [3.8, 4) is 0 Å². The molecule has 0 aromatic rings. The van der Waals surface area contributed by atoms with Crippen LogP contribution >= 0.6 is 0 Å². The van der Waals surface area contributed by atoms with Gasteiger partial charge < -0.3 is 0 Å². The van der Waals surface area contributed by atoms with Gasteiger partial charge in [0.1, 0.15) is 0 Å². The van der Waals surface area contributed by atoms with Crippen LogP contribution in [0.2, 0.25) is 0 Å². The first-order valence-electron chi connectivity index (χ1n) is 6.61. The summed E-state index contributed by atoms with van der Waals surface area (Å²) in [7, 11) is -5.76. The fourth-order valence-electron chi connectivity index (χ4n) is 2.22. The van der Waals surface area contributed by atoms with E-state index in [2.05, 4.69) is 0 Å². The first-order valence-corrected chi connectivity index (χ1v) is 10.3. The Bertz CT molecular complexity index is 461. The molecule has 6 nitrogen and oxygen atoms in total. The van der Waals surface area contributed by atoms with E-state index in [-0.39, 0.29) is 0 Å². The SMILES string of the molecule is CS(=O)(=O)N1CCCC1.CS(=O)(=O)N1CCCCC1. The van der Waals surface area contributed by atoms with E-state index in [0.29, 0.717) is 0 Å². The van der Waals surface area contributed by atoms with Crippen LogP contribution in [0, 0.1) is 0 Å². The summed E-state index contributed by atoms with van der Waals surface area (Å²) >= 11 is 0. The average molecular weight is 312 g/mol. The van der Waals surface area contributed by atoms with Crippen LogP contribution < -0.4 is 0 Å². The van der Waals surface area contributed by atoms with Crippen LogP contribution in [0.25, 0.3) is 0 Å². The van der Waals surface area contributed by atoms with Crippen molar-refractivity contribution in [3.63, 3.8) is 0 Å². The van der Waals surface area contributed by atoms with Gasteiger partial charge in [-0.15, -0.1) is 0 Å². The number of nitrogens with zero attached hydrogens (tertiary/aromatic N) is 2. The molecule has 2 rings (SSSR count). The van der Waals surface area contributed by atoms with Crippen molar-refractivity contribution >= 4 is 20.0 Å². The highest BCUT2D eigenvalue weighted by molar-refractivity contribution is 7.88. The van der Waals surface area contributed by atoms with Crippen molar-refractivity contribution in [2.75, 3.05) is 38.7 Å². The second-order valence-corrected chi connectivity index (χ2v) is 9.06. The van der Waals surface area contributed by atoms with Gasteiger partial charge in [-0.1, -0.05) is 6.42 Å². The van der Waals surface area contributed by atoms with Gasteiger partial charge in [-0.2, -0.15) is 0 Å². The maximum atomic E-state index is 10.9. The predicted molar refractivity (Wildman–Crippen MR) is 75.9 cm³/mol. The molecule has 8 heteroatoms. The zero-order valence-corrected chi connectivity index (χ0v) is 13.3. The average Bonchev–Trinajstić information content (AvgIpc) is 2.83. The van der Waals surface area contributed by atoms with Gasteiger partial charge >= 0.3 is 0 Å². The Kier molecular flexibility index (Phi) is 6.22. The Hall–Kier alpha value is -0.180. The molecule has 0 spiro atoms. The Morgan fingerprint density at radius 2 is 0.842 bits per heavy atom. The van der Waals surface area contributed by atoms with Crippen LogP contribution in [0.15, 0.2) is 0 Å². The van der Waals surface area contributed by atoms with Gasteiger partial charge in [-0.25, -0.2) is 25.4 Å². The Morgan fingerprint density at radius 1 is 0.579 bits per heavy atom. The third-order valence-electron chi connectivity index (χ3n) is 3.32. The molecule has 0 unspecified atom stereocenters. The molecule has 2 aliphatic heterocycles. The molecule has 2 fully saturated rings. The molecule has 0 amide bonds. The molecule has 0 aromatic carbocycles. The van der Waals surface area contributed by atoms with E-state index in [1.165, 1.54) is 23.2 Å². The second kappa shape index (κ2) is 7.01. The van der Waals surface area contributed by atoms with Crippen molar-refractivity contribution in [1.82, 2.24) is 8.61 Å². The number of piperidine rings is 1. The van der Waals surface area contributed by atoms with Gasteiger partial charge in [0.15, 0.2) is 0 Å². The lowest BCUT2D eigenvalue weighted by Crippen LogP contribution is -2.34. The summed E-state index contributed by atoms with van der Waals surface area (Å²) in [5.41, 5.74) is 0. The zero-order valence-electron chi connectivity index (χ0n) is 11.7. The van der Waals surface area contributed by atoms with Gasteiger partial charge in [0, 0.05) is 26.2 Å². The van der Waals surface area contributed by atoms with E-state index in [4.69, 9.17) is 0 Å². The van der Waals surface area contributed by atoms with Crippen LogP contribution in [0.4, 0.5) is 0 Å². The third-order valence-corrected chi connectivity index (χ3v) is 5.92. The minimum absolute atomic E-state index is 0.721. The van der Waals surface area contributed by atoms with E-state index < -0.39 is 20.0 Å². The van der Waals surface area contributed by atoms with Gasteiger partial charge in [-0.3, -0.25) is 0 Å². The smallest absolute Gasteiger partial charge is 0.211 e. The maximum absolute atomic E-state index is 10.9. The quantitative estimate of drug-likeness (QED) is 0.743. The van der Waals surface area contributed by atoms with Crippen LogP contribution in [0.1, 0.15) is 32.1 Å². The highest BCUT2D eigenvalue weighted by Crippen LogP contribution is 2.11. The highest BCUT2D eigenvalue weighted by atomic mass is 32.2. The summed E-state index contributed by atoms with van der Waals surface area (Å²) in [4.78, 5) is 0. The Labute approximate surface area is 116 Å². The second-order valence-electron chi connectivity index (χ2n) is 5.09. The van der Waals surface area contributed by atoms with Gasteiger partial charge in [0.05, 0.1) is 12.5 Å². The topological polar surface area (TPSA) is 74.8 Å². The third kappa shape index (κ3) is 6.20. The zero-order chi connectivity index (χ0) is 14.5. The summed E-state index contributed by atoms with van der Waals surface area (Å²) in [5, 5.41) is 0. The number of hydrogen-bond donors (Lipinski definition) is 0. The lowest BCUT2D eigenvalue weighted by atomic mass is 10.2. The van der Waals surface area contributed by atoms with E-state index >= 15 is 0 Å². The predicted octanol–water partition coefficient (Wildman–Crippen LogP) is 0.474. The summed E-state index contributed by atoms with van der Waals surface area (Å²) < 4.78 is 46.4. The molecule has 2 heterocycles. The van der Waals surface area contributed by atoms with Crippen LogP contribution in [0.5, 0.6) is 0 Å². The van der Waals surface area contributed by atoms with Gasteiger partial charge in [0.2, 0.25) is 20.0 Å². The van der Waals surface area contributed by atoms with Crippen molar-refractivity contribution in [3.05, 3.63) is 0 Å². The van der Waals surface area contributed by atoms with Crippen molar-refractivity contribution in [2.24, 2.45) is 0 Å². The molecule has 114 valence electrons. The molecule has 0 radical (unpaired) electrons. The molecule has 0 saturated carbocycles. The van der Waals surface area contributed by atoms with Gasteiger partial charge in [0.25, 0.3) is 0 Å². The Balaban J connectivity index is 0.000000191. The van der Waals surface area contributed by atoms with Crippen molar-refractivity contribution < 1.29 is 16.8 Å². The van der Waals surface area contributed by atoms with E-state index in [1.54, 1.807) is 4.31 Å². The molecule has 2 aliphatic rings. The fraction of sp³-hybridized carbons (Fsp3) is 1.00. The number of sulfonamides is 2. The normalized spacial score (nSPS) is 22.8. The first kappa shape index (κ1) is 16.9. The summed E-state index contributed by atoms with van der Waals surface area (Å²) in [6, 6.07) is 0. The number of hydrogen-bond acceptors (Lipinski definition) is 4. The maximum Gasteiger partial charge on any atom is 0.211 e. The van der Waals surface area contributed by atoms with Gasteiger partial charge in [-0.05, 0) is 25.7 Å². The van der Waals surface area contributed by atoms with Crippen molar-refractivity contribution in [2.45, 2.75) is 32.1 Å². The first-order chi connectivity index (χ1) is 8.71. The summed E-state index contributed by atoms with van der Waals surface area (Å²) in [5.74, 6) is 0. The number of rotatable bonds is 2. The molecule has 0 aromatic heterocycles. The standard InChI is InChI=1S/C6H13NO2S.C5H11NO2S/c1-10(8,9)7-5-3-2-4-6-7;1-9(7,8)6-4-2-3-5-6/h2-6H2,1H3;2-5H2,1H3. The molecular weight excluding hydrogens is 288 g/mol. The molecule has 0 N–H and O–H groups in total. The van der Waals surface area contributed by atoms with Crippen LogP contribution in [0.3, 0.4) is 0 Å². The summed E-state index contributed by atoms with van der Waals surface area (Å²) in [6.07, 6.45) is 7.79. The minimum Gasteiger partial charge on any atom is -0.213 e. The molecule has 0 bridgehead atoms. The van der Waals surface area contributed by atoms with E-state index in [0.717, 1.165) is 51.9 Å².